The highest BCUT2D eigenvalue weighted by Crippen LogP contribution is 2.45. The van der Waals surface area contributed by atoms with Gasteiger partial charge in [0.25, 0.3) is 0 Å². The van der Waals surface area contributed by atoms with Gasteiger partial charge in [0, 0.05) is 35.3 Å². The number of phenolic OH excluding ortho intramolecular Hbond substituents is 1. The first-order valence-electron chi connectivity index (χ1n) is 13.8. The van der Waals surface area contributed by atoms with Crippen LogP contribution in [0.3, 0.4) is 0 Å². The van der Waals surface area contributed by atoms with E-state index >= 15 is 0 Å². The van der Waals surface area contributed by atoms with Crippen LogP contribution < -0.4 is 10.6 Å². The van der Waals surface area contributed by atoms with Crippen molar-refractivity contribution in [2.24, 2.45) is 0 Å². The van der Waals surface area contributed by atoms with E-state index in [1.807, 2.05) is 12.1 Å². The number of rotatable bonds is 11. The normalized spacial score (nSPS) is 11.5. The van der Waals surface area contributed by atoms with Crippen LogP contribution in [0.15, 0.2) is 121 Å². The molecule has 5 aromatic rings. The molecular formula is C36H34I2N2O. The molecule has 41 heavy (non-hydrogen) atoms. The molecule has 0 saturated carbocycles. The van der Waals surface area contributed by atoms with E-state index in [1.54, 1.807) is 0 Å². The summed E-state index contributed by atoms with van der Waals surface area (Å²) < 4.78 is 2.02. The number of aromatic hydroxyl groups is 1. The molecule has 0 atom stereocenters. The molecule has 0 amide bonds. The van der Waals surface area contributed by atoms with Crippen molar-refractivity contribution in [1.29, 1.82) is 0 Å². The predicted octanol–water partition coefficient (Wildman–Crippen LogP) is 8.17. The molecule has 3 nitrogen and oxygen atoms in total. The Bertz CT molecular complexity index is 1480. The van der Waals surface area contributed by atoms with E-state index < -0.39 is 5.41 Å². The molecule has 208 valence electrons. The summed E-state index contributed by atoms with van der Waals surface area (Å²) in [6.45, 7) is 5.24. The van der Waals surface area contributed by atoms with Gasteiger partial charge in [-0.1, -0.05) is 115 Å². The lowest BCUT2D eigenvalue weighted by Gasteiger charge is -2.37. The Kier molecular flexibility index (Phi) is 10.1. The van der Waals surface area contributed by atoms with E-state index in [2.05, 4.69) is 172 Å². The minimum atomic E-state index is -0.446. The fourth-order valence-corrected chi connectivity index (χ4v) is 7.60. The van der Waals surface area contributed by atoms with Crippen LogP contribution in [-0.2, 0) is 18.5 Å². The second kappa shape index (κ2) is 14.0. The maximum Gasteiger partial charge on any atom is 0.133 e. The number of nitrogens with one attached hydrogen (secondary N) is 2. The van der Waals surface area contributed by atoms with Gasteiger partial charge in [-0.3, -0.25) is 0 Å². The first-order chi connectivity index (χ1) is 20.0. The number of benzene rings is 5. The lowest BCUT2D eigenvalue weighted by atomic mass is 9.64. The average Bonchev–Trinajstić information content (AvgIpc) is 2.99. The molecule has 0 radical (unpaired) electrons. The Morgan fingerprint density at radius 1 is 0.610 bits per heavy atom. The van der Waals surface area contributed by atoms with Crippen LogP contribution in [0.25, 0.3) is 0 Å². The topological polar surface area (TPSA) is 44.3 Å². The van der Waals surface area contributed by atoms with Gasteiger partial charge in [0.15, 0.2) is 0 Å². The monoisotopic (exact) mass is 764 g/mol. The number of phenols is 1. The van der Waals surface area contributed by atoms with Crippen molar-refractivity contribution in [3.63, 3.8) is 0 Å². The molecule has 0 aromatic heterocycles. The maximum absolute atomic E-state index is 10.4. The summed E-state index contributed by atoms with van der Waals surface area (Å²) in [5.74, 6) is 0.373. The third kappa shape index (κ3) is 6.85. The molecule has 5 aromatic carbocycles. The summed E-state index contributed by atoms with van der Waals surface area (Å²) in [5.41, 5.74) is 8.01. The van der Waals surface area contributed by atoms with Crippen molar-refractivity contribution in [2.75, 3.05) is 13.1 Å². The Balaban J connectivity index is 1.40. The molecule has 3 N–H and O–H groups in total. The van der Waals surface area contributed by atoms with Gasteiger partial charge in [0.2, 0.25) is 0 Å². The van der Waals surface area contributed by atoms with Crippen LogP contribution in [0.4, 0.5) is 0 Å². The lowest BCUT2D eigenvalue weighted by Crippen LogP contribution is -2.31. The molecule has 0 spiro atoms. The van der Waals surface area contributed by atoms with Crippen LogP contribution in [0.2, 0.25) is 0 Å². The van der Waals surface area contributed by atoms with Crippen molar-refractivity contribution in [1.82, 2.24) is 10.6 Å². The van der Waals surface area contributed by atoms with Crippen LogP contribution in [-0.4, -0.2) is 18.2 Å². The van der Waals surface area contributed by atoms with Gasteiger partial charge in [-0.15, -0.1) is 0 Å². The van der Waals surface area contributed by atoms with E-state index in [-0.39, 0.29) is 0 Å². The zero-order valence-electron chi connectivity index (χ0n) is 23.1. The summed E-state index contributed by atoms with van der Waals surface area (Å²) >= 11 is 4.48. The fourth-order valence-electron chi connectivity index (χ4n) is 5.63. The molecule has 0 aliphatic heterocycles. The number of halogens is 2. The van der Waals surface area contributed by atoms with Crippen LogP contribution in [0.1, 0.15) is 38.9 Å². The summed E-state index contributed by atoms with van der Waals surface area (Å²) in [6.07, 6.45) is 0. The Hall–Kier alpha value is -2.72. The summed E-state index contributed by atoms with van der Waals surface area (Å²) in [4.78, 5) is 0. The Morgan fingerprint density at radius 3 is 1.66 bits per heavy atom. The van der Waals surface area contributed by atoms with Crippen LogP contribution >= 0.6 is 45.2 Å². The zero-order valence-corrected chi connectivity index (χ0v) is 27.4. The van der Waals surface area contributed by atoms with Crippen molar-refractivity contribution in [3.05, 3.63) is 167 Å². The Morgan fingerprint density at radius 2 is 1.12 bits per heavy atom. The predicted molar refractivity (Wildman–Crippen MR) is 186 cm³/mol. The molecule has 0 aliphatic carbocycles. The van der Waals surface area contributed by atoms with E-state index in [4.69, 9.17) is 0 Å². The van der Waals surface area contributed by atoms with Gasteiger partial charge < -0.3 is 15.7 Å². The molecule has 0 bridgehead atoms. The molecule has 5 heteroatoms. The first-order valence-corrected chi connectivity index (χ1v) is 16.0. The van der Waals surface area contributed by atoms with Gasteiger partial charge in [0.05, 0.1) is 8.99 Å². The van der Waals surface area contributed by atoms with Gasteiger partial charge in [0.1, 0.15) is 5.75 Å². The zero-order chi connectivity index (χ0) is 28.7. The standard InChI is InChI=1S/C36H34I2N2O/c1-26-19-27(24-39-17-18-40-25-28-22-33(37)23-34(38)35(28)41)21-32(20-26)36(29-11-5-2-6-12-29,30-13-7-3-8-14-30)31-15-9-4-10-16-31/h2-16,19-23,39-41H,17-18,24-25H2,1H3. The number of aryl methyl sites for hydroxylation is 1. The molecule has 5 rings (SSSR count). The number of hydrogen-bond donors (Lipinski definition) is 3. The highest BCUT2D eigenvalue weighted by Gasteiger charge is 2.38. The lowest BCUT2D eigenvalue weighted by molar-refractivity contribution is 0.460. The average molecular weight is 764 g/mol. The van der Waals surface area contributed by atoms with Crippen molar-refractivity contribution >= 4 is 45.2 Å². The number of hydrogen-bond acceptors (Lipinski definition) is 3. The van der Waals surface area contributed by atoms with Crippen molar-refractivity contribution in [2.45, 2.75) is 25.4 Å². The van der Waals surface area contributed by atoms with Gasteiger partial charge in [-0.05, 0) is 92.1 Å². The minimum absolute atomic E-state index is 0.373. The maximum atomic E-state index is 10.4. The molecule has 0 aliphatic rings. The summed E-state index contributed by atoms with van der Waals surface area (Å²) in [7, 11) is 0. The third-order valence-electron chi connectivity index (χ3n) is 7.42. The largest absolute Gasteiger partial charge is 0.507 e. The minimum Gasteiger partial charge on any atom is -0.507 e. The van der Waals surface area contributed by atoms with E-state index in [9.17, 15) is 5.11 Å². The molecule has 0 unspecified atom stereocenters. The van der Waals surface area contributed by atoms with Gasteiger partial charge in [-0.25, -0.2) is 0 Å². The molecule has 0 fully saturated rings. The first kappa shape index (κ1) is 29.8. The van der Waals surface area contributed by atoms with Crippen molar-refractivity contribution in [3.8, 4) is 5.75 Å². The van der Waals surface area contributed by atoms with Gasteiger partial charge >= 0.3 is 0 Å². The smallest absolute Gasteiger partial charge is 0.133 e. The SMILES string of the molecule is Cc1cc(CNCCNCc2cc(I)cc(I)c2O)cc(C(c2ccccc2)(c2ccccc2)c2ccccc2)c1. The van der Waals surface area contributed by atoms with E-state index in [0.29, 0.717) is 12.3 Å². The second-order valence-electron chi connectivity index (χ2n) is 10.3. The molecule has 0 heterocycles. The highest BCUT2D eigenvalue weighted by molar-refractivity contribution is 14.1. The van der Waals surface area contributed by atoms with E-state index in [0.717, 1.165) is 32.3 Å². The molecular weight excluding hydrogens is 730 g/mol. The third-order valence-corrected chi connectivity index (χ3v) is 8.87. The second-order valence-corrected chi connectivity index (χ2v) is 12.7. The van der Waals surface area contributed by atoms with Crippen molar-refractivity contribution < 1.29 is 5.11 Å². The highest BCUT2D eigenvalue weighted by atomic mass is 127. The molecule has 0 saturated heterocycles. The van der Waals surface area contributed by atoms with E-state index in [1.165, 1.54) is 33.4 Å². The van der Waals surface area contributed by atoms with Crippen LogP contribution in [0, 0.1) is 14.1 Å². The summed E-state index contributed by atoms with van der Waals surface area (Å²) in [5, 5.41) is 17.5. The Labute approximate surface area is 270 Å². The fraction of sp³-hybridized carbons (Fsp3) is 0.167. The quantitative estimate of drug-likeness (QED) is 0.0723. The van der Waals surface area contributed by atoms with Crippen LogP contribution in [0.5, 0.6) is 5.75 Å². The summed E-state index contributed by atoms with van der Waals surface area (Å²) in [6, 6.07) is 43.6. The van der Waals surface area contributed by atoms with Gasteiger partial charge in [-0.2, -0.15) is 0 Å².